The van der Waals surface area contributed by atoms with E-state index in [9.17, 15) is 9.59 Å². The van der Waals surface area contributed by atoms with Crippen molar-refractivity contribution in [1.29, 1.82) is 0 Å². The first kappa shape index (κ1) is 22.4. The van der Waals surface area contributed by atoms with Crippen LogP contribution in [0.2, 0.25) is 0 Å². The van der Waals surface area contributed by atoms with Gasteiger partial charge in [-0.05, 0) is 24.3 Å². The number of nitrogens with one attached hydrogen (secondary N) is 1. The highest BCUT2D eigenvalue weighted by Gasteiger charge is 2.32. The minimum absolute atomic E-state index is 0.146. The van der Waals surface area contributed by atoms with E-state index in [1.165, 1.54) is 14.0 Å². The van der Waals surface area contributed by atoms with Crippen LogP contribution in [0.5, 0.6) is 11.9 Å². The number of methoxy groups -OCH3 is 2. The van der Waals surface area contributed by atoms with E-state index in [1.54, 1.807) is 18.1 Å². The van der Waals surface area contributed by atoms with Crippen LogP contribution >= 0.6 is 0 Å². The van der Waals surface area contributed by atoms with Crippen LogP contribution in [0, 0.1) is 0 Å². The van der Waals surface area contributed by atoms with Gasteiger partial charge in [0.15, 0.2) is 0 Å². The van der Waals surface area contributed by atoms with Gasteiger partial charge >= 0.3 is 12.1 Å². The number of cyclic esters (lactones) is 1. The second-order valence-corrected chi connectivity index (χ2v) is 7.80. The van der Waals surface area contributed by atoms with Crippen LogP contribution in [0.1, 0.15) is 6.92 Å². The number of hydrogen-bond donors (Lipinski definition) is 1. The standard InChI is InChI=1S/C22H28N6O5/c1-15(29)23-13-18-14-28(22(30)33-18)17-6-4-16(5-7-17)26-8-10-27(11-9-26)19-12-20(31-2)25-21(24-19)32-3/h4-7,12,18H,8-11,13-14H2,1-3H3,(H,23,29). The molecular formula is C22H28N6O5. The first-order valence-electron chi connectivity index (χ1n) is 10.8. The summed E-state index contributed by atoms with van der Waals surface area (Å²) in [6.07, 6.45) is -0.754. The van der Waals surface area contributed by atoms with E-state index in [2.05, 4.69) is 25.1 Å². The third-order valence-electron chi connectivity index (χ3n) is 5.64. The molecule has 2 aliphatic heterocycles. The average molecular weight is 457 g/mol. The van der Waals surface area contributed by atoms with Gasteiger partial charge in [-0.2, -0.15) is 9.97 Å². The Morgan fingerprint density at radius 1 is 1.06 bits per heavy atom. The molecule has 11 nitrogen and oxygen atoms in total. The van der Waals surface area contributed by atoms with E-state index in [1.807, 2.05) is 24.3 Å². The summed E-state index contributed by atoms with van der Waals surface area (Å²) in [6, 6.07) is 9.95. The highest BCUT2D eigenvalue weighted by atomic mass is 16.6. The summed E-state index contributed by atoms with van der Waals surface area (Å²) in [5, 5.41) is 2.68. The molecule has 11 heteroatoms. The van der Waals surface area contributed by atoms with Gasteiger partial charge in [-0.1, -0.05) is 0 Å². The van der Waals surface area contributed by atoms with E-state index >= 15 is 0 Å². The first-order valence-corrected chi connectivity index (χ1v) is 10.8. The van der Waals surface area contributed by atoms with Crippen molar-refractivity contribution in [3.05, 3.63) is 30.3 Å². The van der Waals surface area contributed by atoms with E-state index in [4.69, 9.17) is 14.2 Å². The van der Waals surface area contributed by atoms with Gasteiger partial charge in [0.2, 0.25) is 11.8 Å². The number of piperazine rings is 1. The van der Waals surface area contributed by atoms with Crippen molar-refractivity contribution in [3.8, 4) is 11.9 Å². The first-order chi connectivity index (χ1) is 16.0. The van der Waals surface area contributed by atoms with Crippen LogP contribution in [-0.2, 0) is 9.53 Å². The van der Waals surface area contributed by atoms with Crippen LogP contribution in [-0.4, -0.2) is 81.6 Å². The average Bonchev–Trinajstić information content (AvgIpc) is 3.23. The van der Waals surface area contributed by atoms with Crippen LogP contribution in [0.25, 0.3) is 0 Å². The molecule has 1 atom stereocenters. The molecule has 0 spiro atoms. The number of benzene rings is 1. The fraction of sp³-hybridized carbons (Fsp3) is 0.455. The normalized spacial score (nSPS) is 18.2. The molecule has 0 bridgehead atoms. The van der Waals surface area contributed by atoms with E-state index < -0.39 is 6.09 Å². The maximum Gasteiger partial charge on any atom is 0.414 e. The zero-order valence-corrected chi connectivity index (χ0v) is 19.0. The van der Waals surface area contributed by atoms with Gasteiger partial charge in [0.25, 0.3) is 0 Å². The van der Waals surface area contributed by atoms with Crippen molar-refractivity contribution in [2.75, 3.05) is 68.2 Å². The SMILES string of the molecule is COc1cc(N2CCN(c3ccc(N4CC(CNC(C)=O)OC4=O)cc3)CC2)nc(OC)n1. The maximum atomic E-state index is 12.2. The predicted octanol–water partition coefficient (Wildman–Crippen LogP) is 1.28. The minimum Gasteiger partial charge on any atom is -0.481 e. The number of carbonyl (C=O) groups excluding carboxylic acids is 2. The number of nitrogens with zero attached hydrogens (tertiary/aromatic N) is 5. The summed E-state index contributed by atoms with van der Waals surface area (Å²) < 4.78 is 15.8. The van der Waals surface area contributed by atoms with Crippen molar-refractivity contribution in [1.82, 2.24) is 15.3 Å². The molecule has 2 aromatic rings. The number of anilines is 3. The van der Waals surface area contributed by atoms with Gasteiger partial charge < -0.3 is 29.3 Å². The number of amides is 2. The monoisotopic (exact) mass is 456 g/mol. The number of ether oxygens (including phenoxy) is 3. The lowest BCUT2D eigenvalue weighted by atomic mass is 10.2. The molecule has 1 unspecified atom stereocenters. The number of carbonyl (C=O) groups is 2. The molecule has 0 saturated carbocycles. The fourth-order valence-corrected chi connectivity index (χ4v) is 3.88. The van der Waals surface area contributed by atoms with Crippen LogP contribution in [0.4, 0.5) is 22.0 Å². The van der Waals surface area contributed by atoms with Gasteiger partial charge in [-0.15, -0.1) is 0 Å². The highest BCUT2D eigenvalue weighted by Crippen LogP contribution is 2.27. The Kier molecular flexibility index (Phi) is 6.66. The molecule has 2 amide bonds. The van der Waals surface area contributed by atoms with Crippen LogP contribution in [0.3, 0.4) is 0 Å². The zero-order chi connectivity index (χ0) is 23.4. The highest BCUT2D eigenvalue weighted by molar-refractivity contribution is 5.90. The second-order valence-electron chi connectivity index (χ2n) is 7.80. The van der Waals surface area contributed by atoms with E-state index in [0.29, 0.717) is 19.0 Å². The predicted molar refractivity (Wildman–Crippen MR) is 122 cm³/mol. The Morgan fingerprint density at radius 2 is 1.73 bits per heavy atom. The van der Waals surface area contributed by atoms with Crippen LogP contribution in [0.15, 0.2) is 30.3 Å². The molecule has 2 saturated heterocycles. The summed E-state index contributed by atoms with van der Waals surface area (Å²) in [5.41, 5.74) is 1.85. The number of rotatable bonds is 7. The minimum atomic E-state index is -0.401. The molecule has 33 heavy (non-hydrogen) atoms. The lowest BCUT2D eigenvalue weighted by Gasteiger charge is -2.36. The molecule has 2 aliphatic rings. The molecule has 3 heterocycles. The summed E-state index contributed by atoms with van der Waals surface area (Å²) in [6.45, 7) is 5.36. The molecule has 1 aromatic carbocycles. The third kappa shape index (κ3) is 5.18. The largest absolute Gasteiger partial charge is 0.481 e. The van der Waals surface area contributed by atoms with Gasteiger partial charge in [-0.25, -0.2) is 4.79 Å². The topological polar surface area (TPSA) is 109 Å². The van der Waals surface area contributed by atoms with Gasteiger partial charge in [-0.3, -0.25) is 9.69 Å². The van der Waals surface area contributed by atoms with Crippen molar-refractivity contribution >= 4 is 29.2 Å². The Hall–Kier alpha value is -3.76. The van der Waals surface area contributed by atoms with Crippen molar-refractivity contribution < 1.29 is 23.8 Å². The molecule has 1 N–H and O–H groups in total. The second kappa shape index (κ2) is 9.80. The molecule has 0 aliphatic carbocycles. The molecule has 4 rings (SSSR count). The Balaban J connectivity index is 1.35. The zero-order valence-electron chi connectivity index (χ0n) is 19.0. The Bertz CT molecular complexity index is 971. The molecular weight excluding hydrogens is 428 g/mol. The van der Waals surface area contributed by atoms with Crippen molar-refractivity contribution in [2.24, 2.45) is 0 Å². The van der Waals surface area contributed by atoms with Crippen molar-refractivity contribution in [3.63, 3.8) is 0 Å². The number of hydrogen-bond acceptors (Lipinski definition) is 9. The molecule has 0 radical (unpaired) electrons. The summed E-state index contributed by atoms with van der Waals surface area (Å²) in [7, 11) is 3.10. The number of aromatic nitrogens is 2. The van der Waals surface area contributed by atoms with E-state index in [-0.39, 0.29) is 18.0 Å². The van der Waals surface area contributed by atoms with Crippen LogP contribution < -0.4 is 29.5 Å². The molecule has 1 aromatic heterocycles. The van der Waals surface area contributed by atoms with Crippen molar-refractivity contribution in [2.45, 2.75) is 13.0 Å². The van der Waals surface area contributed by atoms with Gasteiger partial charge in [0.05, 0.1) is 27.3 Å². The fourth-order valence-electron chi connectivity index (χ4n) is 3.88. The van der Waals surface area contributed by atoms with E-state index in [0.717, 1.165) is 43.4 Å². The Morgan fingerprint density at radius 3 is 2.36 bits per heavy atom. The summed E-state index contributed by atoms with van der Waals surface area (Å²) in [4.78, 5) is 37.9. The van der Waals surface area contributed by atoms with Gasteiger partial charge in [0, 0.05) is 50.5 Å². The molecule has 176 valence electrons. The lowest BCUT2D eigenvalue weighted by Crippen LogP contribution is -2.46. The summed E-state index contributed by atoms with van der Waals surface area (Å²) >= 11 is 0. The molecule has 2 fully saturated rings. The maximum absolute atomic E-state index is 12.2. The Labute approximate surface area is 192 Å². The summed E-state index contributed by atoms with van der Waals surface area (Å²) in [5.74, 6) is 1.09. The smallest absolute Gasteiger partial charge is 0.414 e. The lowest BCUT2D eigenvalue weighted by molar-refractivity contribution is -0.119. The van der Waals surface area contributed by atoms with Gasteiger partial charge in [0.1, 0.15) is 11.9 Å². The third-order valence-corrected chi connectivity index (χ3v) is 5.64. The quantitative estimate of drug-likeness (QED) is 0.659.